The molecule has 1 aliphatic rings. The van der Waals surface area contributed by atoms with Crippen LogP contribution in [0, 0.1) is 11.3 Å². The number of carbonyl (C=O) groups excluding carboxylic acids is 3. The van der Waals surface area contributed by atoms with Crippen LogP contribution in [0.15, 0.2) is 24.3 Å². The number of piperidine rings is 1. The highest BCUT2D eigenvalue weighted by Gasteiger charge is 2.34. The van der Waals surface area contributed by atoms with Crippen LogP contribution in [0.4, 0.5) is 18.9 Å². The third-order valence-electron chi connectivity index (χ3n) is 4.88. The van der Waals surface area contributed by atoms with Gasteiger partial charge in [-0.2, -0.15) is 13.2 Å². The molecule has 0 spiro atoms. The molecule has 9 heteroatoms. The molecule has 1 N–H and O–H groups in total. The molecule has 1 saturated heterocycles. The quantitative estimate of drug-likeness (QED) is 0.739. The molecule has 1 aromatic carbocycles. The second kappa shape index (κ2) is 9.06. The second-order valence-electron chi connectivity index (χ2n) is 8.46. The number of ether oxygens (including phenoxy) is 1. The maximum absolute atomic E-state index is 12.8. The monoisotopic (exact) mass is 428 g/mol. The number of esters is 1. The first-order valence-corrected chi connectivity index (χ1v) is 9.77. The molecule has 1 unspecified atom stereocenters. The molecule has 1 aliphatic heterocycles. The van der Waals surface area contributed by atoms with Crippen LogP contribution in [0.25, 0.3) is 0 Å². The number of carbonyl (C=O) groups is 3. The number of amides is 2. The summed E-state index contributed by atoms with van der Waals surface area (Å²) in [6.45, 7) is 7.72. The van der Waals surface area contributed by atoms with E-state index >= 15 is 0 Å². The third-order valence-corrected chi connectivity index (χ3v) is 4.88. The Bertz CT molecular complexity index is 794. The first-order chi connectivity index (χ1) is 13.8. The molecular weight excluding hydrogens is 401 g/mol. The first kappa shape index (κ1) is 23.7. The molecule has 0 saturated carbocycles. The molecule has 0 aromatic heterocycles. The maximum Gasteiger partial charge on any atom is 0.416 e. The van der Waals surface area contributed by atoms with Gasteiger partial charge in [-0.05, 0) is 38.0 Å². The van der Waals surface area contributed by atoms with Gasteiger partial charge in [0.2, 0.25) is 5.91 Å². The van der Waals surface area contributed by atoms with E-state index in [0.29, 0.717) is 25.9 Å². The number of hydrogen-bond acceptors (Lipinski definition) is 4. The second-order valence-corrected chi connectivity index (χ2v) is 8.46. The summed E-state index contributed by atoms with van der Waals surface area (Å²) < 4.78 is 43.5. The predicted molar refractivity (Wildman–Crippen MR) is 104 cm³/mol. The largest absolute Gasteiger partial charge is 0.452 e. The number of nitrogens with one attached hydrogen (secondary N) is 1. The zero-order valence-electron chi connectivity index (χ0n) is 17.5. The van der Waals surface area contributed by atoms with E-state index in [1.165, 1.54) is 19.1 Å². The molecule has 0 radical (unpaired) electrons. The Balaban J connectivity index is 1.87. The lowest BCUT2D eigenvalue weighted by atomic mass is 9.91. The number of nitrogens with zero attached hydrogens (tertiary/aromatic N) is 1. The van der Waals surface area contributed by atoms with Gasteiger partial charge in [-0.3, -0.25) is 14.4 Å². The molecule has 2 amide bonds. The topological polar surface area (TPSA) is 75.7 Å². The summed E-state index contributed by atoms with van der Waals surface area (Å²) in [5, 5.41) is 2.33. The Morgan fingerprint density at radius 1 is 1.13 bits per heavy atom. The van der Waals surface area contributed by atoms with Crippen molar-refractivity contribution in [1.29, 1.82) is 0 Å². The van der Waals surface area contributed by atoms with Crippen molar-refractivity contribution in [3.8, 4) is 0 Å². The molecular formula is C21H27F3N2O4. The van der Waals surface area contributed by atoms with Gasteiger partial charge in [0.15, 0.2) is 6.10 Å². The van der Waals surface area contributed by atoms with E-state index in [1.54, 1.807) is 4.90 Å². The van der Waals surface area contributed by atoms with E-state index in [0.717, 1.165) is 12.1 Å². The lowest BCUT2D eigenvalue weighted by Gasteiger charge is -2.35. The SMILES string of the molecule is CC(OC(=O)C1CCN(C(=O)C(C)(C)C)CC1)C(=O)Nc1cccc(C(F)(F)F)c1. The van der Waals surface area contributed by atoms with Crippen LogP contribution >= 0.6 is 0 Å². The average Bonchev–Trinajstić information content (AvgIpc) is 2.66. The van der Waals surface area contributed by atoms with Gasteiger partial charge in [0.1, 0.15) is 0 Å². The van der Waals surface area contributed by atoms with Crippen LogP contribution < -0.4 is 5.32 Å². The predicted octanol–water partition coefficient (Wildman–Crippen LogP) is 3.86. The summed E-state index contributed by atoms with van der Waals surface area (Å²) in [5.41, 5.74) is -1.42. The van der Waals surface area contributed by atoms with Crippen LogP contribution in [0.5, 0.6) is 0 Å². The minimum Gasteiger partial charge on any atom is -0.452 e. The minimum atomic E-state index is -4.53. The van der Waals surface area contributed by atoms with Crippen molar-refractivity contribution >= 4 is 23.5 Å². The summed E-state index contributed by atoms with van der Waals surface area (Å²) in [7, 11) is 0. The molecule has 6 nitrogen and oxygen atoms in total. The Kier molecular flexibility index (Phi) is 7.15. The zero-order valence-corrected chi connectivity index (χ0v) is 17.5. The van der Waals surface area contributed by atoms with Gasteiger partial charge in [-0.1, -0.05) is 26.8 Å². The van der Waals surface area contributed by atoms with Crippen molar-refractivity contribution in [3.63, 3.8) is 0 Å². The molecule has 0 aliphatic carbocycles. The number of hydrogen-bond donors (Lipinski definition) is 1. The first-order valence-electron chi connectivity index (χ1n) is 9.77. The number of likely N-dealkylation sites (tertiary alicyclic amines) is 1. The van der Waals surface area contributed by atoms with Crippen LogP contribution in [-0.2, 0) is 25.3 Å². The summed E-state index contributed by atoms with van der Waals surface area (Å²) in [4.78, 5) is 38.6. The van der Waals surface area contributed by atoms with Crippen molar-refractivity contribution in [2.45, 2.75) is 52.8 Å². The number of anilines is 1. The number of alkyl halides is 3. The zero-order chi connectivity index (χ0) is 22.7. The van der Waals surface area contributed by atoms with Crippen LogP contribution in [0.1, 0.15) is 46.1 Å². The maximum atomic E-state index is 12.8. The summed E-state index contributed by atoms with van der Waals surface area (Å²) >= 11 is 0. The van der Waals surface area contributed by atoms with Gasteiger partial charge in [-0.15, -0.1) is 0 Å². The Labute approximate surface area is 173 Å². The van der Waals surface area contributed by atoms with Crippen LogP contribution in [0.3, 0.4) is 0 Å². The Morgan fingerprint density at radius 2 is 1.73 bits per heavy atom. The fourth-order valence-corrected chi connectivity index (χ4v) is 3.13. The molecule has 2 rings (SSSR count). The fraction of sp³-hybridized carbons (Fsp3) is 0.571. The highest BCUT2D eigenvalue weighted by atomic mass is 19.4. The van der Waals surface area contributed by atoms with Crippen LogP contribution in [-0.4, -0.2) is 41.9 Å². The average molecular weight is 428 g/mol. The molecule has 1 fully saturated rings. The van der Waals surface area contributed by atoms with E-state index in [-0.39, 0.29) is 11.6 Å². The Morgan fingerprint density at radius 3 is 2.27 bits per heavy atom. The van der Waals surface area contributed by atoms with Crippen molar-refractivity contribution in [2.75, 3.05) is 18.4 Å². The molecule has 1 heterocycles. The number of halogens is 3. The van der Waals surface area contributed by atoms with Crippen LogP contribution in [0.2, 0.25) is 0 Å². The number of benzene rings is 1. The van der Waals surface area contributed by atoms with Gasteiger partial charge in [0.05, 0.1) is 11.5 Å². The summed E-state index contributed by atoms with van der Waals surface area (Å²) in [5.74, 6) is -1.69. The molecule has 30 heavy (non-hydrogen) atoms. The Hall–Kier alpha value is -2.58. The highest BCUT2D eigenvalue weighted by Crippen LogP contribution is 2.30. The minimum absolute atomic E-state index is 0.0168. The standard InChI is InChI=1S/C21H27F3N2O4/c1-13(17(27)25-16-7-5-6-15(12-16)21(22,23)24)30-18(28)14-8-10-26(11-9-14)19(29)20(2,3)4/h5-7,12-14H,8-11H2,1-4H3,(H,25,27). The van der Waals surface area contributed by atoms with E-state index in [4.69, 9.17) is 4.74 Å². The van der Waals surface area contributed by atoms with Gasteiger partial charge in [0.25, 0.3) is 5.91 Å². The fourth-order valence-electron chi connectivity index (χ4n) is 3.13. The highest BCUT2D eigenvalue weighted by molar-refractivity contribution is 5.95. The molecule has 1 aromatic rings. The van der Waals surface area contributed by atoms with Gasteiger partial charge < -0.3 is 15.0 Å². The van der Waals surface area contributed by atoms with E-state index in [2.05, 4.69) is 5.32 Å². The molecule has 1 atom stereocenters. The lowest BCUT2D eigenvalue weighted by molar-refractivity contribution is -0.160. The van der Waals surface area contributed by atoms with E-state index in [1.807, 2.05) is 20.8 Å². The van der Waals surface area contributed by atoms with E-state index < -0.39 is 41.1 Å². The van der Waals surface area contributed by atoms with Gasteiger partial charge in [0, 0.05) is 24.2 Å². The lowest BCUT2D eigenvalue weighted by Crippen LogP contribution is -2.45. The molecule has 0 bridgehead atoms. The van der Waals surface area contributed by atoms with Gasteiger partial charge >= 0.3 is 12.1 Å². The van der Waals surface area contributed by atoms with Gasteiger partial charge in [-0.25, -0.2) is 0 Å². The van der Waals surface area contributed by atoms with Crippen molar-refractivity contribution in [3.05, 3.63) is 29.8 Å². The summed E-state index contributed by atoms with van der Waals surface area (Å²) in [6, 6.07) is 4.22. The summed E-state index contributed by atoms with van der Waals surface area (Å²) in [6.07, 6.45) is -4.82. The van der Waals surface area contributed by atoms with E-state index in [9.17, 15) is 27.6 Å². The van der Waals surface area contributed by atoms with Crippen molar-refractivity contribution in [2.24, 2.45) is 11.3 Å². The van der Waals surface area contributed by atoms with Crippen molar-refractivity contribution < 1.29 is 32.3 Å². The number of rotatable bonds is 4. The van der Waals surface area contributed by atoms with Crippen molar-refractivity contribution in [1.82, 2.24) is 4.90 Å². The normalized spacial score (nSPS) is 16.7. The smallest absolute Gasteiger partial charge is 0.416 e. The molecule has 166 valence electrons. The third kappa shape index (κ3) is 6.21.